The number of hydrogen-bond acceptors (Lipinski definition) is 2. The van der Waals surface area contributed by atoms with E-state index in [2.05, 4.69) is 188 Å². The van der Waals surface area contributed by atoms with E-state index in [9.17, 15) is 0 Å². The van der Waals surface area contributed by atoms with Crippen LogP contribution in [-0.4, -0.2) is 15.8 Å². The van der Waals surface area contributed by atoms with Gasteiger partial charge in [0.1, 0.15) is 11.5 Å². The lowest BCUT2D eigenvalue weighted by Crippen LogP contribution is -2.57. The van der Waals surface area contributed by atoms with E-state index >= 15 is 0 Å². The van der Waals surface area contributed by atoms with Crippen LogP contribution in [0.1, 0.15) is 36.1 Å². The molecule has 3 nitrogen and oxygen atoms in total. The number of benzene rings is 8. The molecule has 58 heavy (non-hydrogen) atoms. The molecule has 0 radical (unpaired) electrons. The first-order valence-electron chi connectivity index (χ1n) is 20.3. The number of aromatic nitrogens is 2. The summed E-state index contributed by atoms with van der Waals surface area (Å²) in [5.74, 6) is 1.88. The highest BCUT2D eigenvalue weighted by atomic mass is 32.2. The Bertz CT molecular complexity index is 3390. The number of rotatable bonds is 2. The molecule has 0 atom stereocenters. The van der Waals surface area contributed by atoms with Crippen LogP contribution in [0.15, 0.2) is 161 Å². The highest BCUT2D eigenvalue weighted by Crippen LogP contribution is 2.58. The molecule has 0 fully saturated rings. The van der Waals surface area contributed by atoms with Gasteiger partial charge in [-0.05, 0) is 83.9 Å². The summed E-state index contributed by atoms with van der Waals surface area (Å²) in [5.41, 5.74) is 18.8. The maximum atomic E-state index is 7.03. The Morgan fingerprint density at radius 2 is 1.21 bits per heavy atom. The summed E-state index contributed by atoms with van der Waals surface area (Å²) < 4.78 is 12.1. The first-order chi connectivity index (χ1) is 28.4. The molecule has 3 aliphatic rings. The van der Waals surface area contributed by atoms with Crippen LogP contribution < -0.4 is 21.1 Å². The maximum absolute atomic E-state index is 7.03. The minimum Gasteiger partial charge on any atom is -0.458 e. The maximum Gasteiger partial charge on any atom is 0.253 e. The van der Waals surface area contributed by atoms with Gasteiger partial charge >= 0.3 is 0 Å². The monoisotopic (exact) mass is 760 g/mol. The Hall–Kier alpha value is -6.43. The first kappa shape index (κ1) is 32.6. The second-order valence-electron chi connectivity index (χ2n) is 17.0. The normalized spacial score (nSPS) is 14.4. The number of para-hydroxylation sites is 3. The summed E-state index contributed by atoms with van der Waals surface area (Å²) in [6.45, 7) is 9.35. The Kier molecular flexibility index (Phi) is 6.40. The predicted octanol–water partition coefficient (Wildman–Crippen LogP) is 11.9. The Balaban J connectivity index is 1.22. The van der Waals surface area contributed by atoms with Crippen molar-refractivity contribution in [2.45, 2.75) is 42.9 Å². The largest absolute Gasteiger partial charge is 0.458 e. The fraction of sp³-hybridized carbons (Fsp3) is 0.0943. The van der Waals surface area contributed by atoms with Gasteiger partial charge in [0.15, 0.2) is 0 Å². The lowest BCUT2D eigenvalue weighted by molar-refractivity contribution is 0.486. The molecule has 13 rings (SSSR count). The van der Waals surface area contributed by atoms with E-state index in [1.54, 1.807) is 0 Å². The molecule has 10 aromatic rings. The Labute approximate surface area is 341 Å². The summed E-state index contributed by atoms with van der Waals surface area (Å²) in [5, 5.41) is 5.14. The van der Waals surface area contributed by atoms with Gasteiger partial charge in [0.2, 0.25) is 0 Å². The minimum atomic E-state index is -0.247. The van der Waals surface area contributed by atoms with Crippen LogP contribution in [-0.2, 0) is 5.41 Å². The third-order valence-corrected chi connectivity index (χ3v) is 14.4. The van der Waals surface area contributed by atoms with Crippen molar-refractivity contribution in [3.05, 3.63) is 174 Å². The topological polar surface area (TPSA) is 19.1 Å². The van der Waals surface area contributed by atoms with Crippen LogP contribution in [0.2, 0.25) is 0 Å². The van der Waals surface area contributed by atoms with Crippen LogP contribution in [0.5, 0.6) is 11.5 Å². The van der Waals surface area contributed by atoms with Gasteiger partial charge in [0.25, 0.3) is 6.71 Å². The highest BCUT2D eigenvalue weighted by molar-refractivity contribution is 8.00. The first-order valence-corrected chi connectivity index (χ1v) is 21.1. The van der Waals surface area contributed by atoms with Crippen molar-refractivity contribution in [1.82, 2.24) is 9.13 Å². The highest BCUT2D eigenvalue weighted by Gasteiger charge is 2.43. The molecule has 5 heteroatoms. The smallest absolute Gasteiger partial charge is 0.253 e. The molecular formula is C53H37BN2OS. The van der Waals surface area contributed by atoms with Gasteiger partial charge in [0.05, 0.1) is 27.8 Å². The zero-order valence-electron chi connectivity index (χ0n) is 32.7. The molecule has 0 bridgehead atoms. The Morgan fingerprint density at radius 3 is 2.00 bits per heavy atom. The van der Waals surface area contributed by atoms with Gasteiger partial charge in [-0.2, -0.15) is 0 Å². The molecule has 4 heterocycles. The minimum absolute atomic E-state index is 0.107. The van der Waals surface area contributed by atoms with Gasteiger partial charge in [-0.25, -0.2) is 0 Å². The van der Waals surface area contributed by atoms with E-state index in [4.69, 9.17) is 4.74 Å². The number of nitrogens with zero attached hydrogens (tertiary/aromatic N) is 2. The lowest BCUT2D eigenvalue weighted by Gasteiger charge is -2.34. The van der Waals surface area contributed by atoms with Crippen LogP contribution in [0, 0.1) is 13.8 Å². The van der Waals surface area contributed by atoms with E-state index in [0.717, 1.165) is 22.9 Å². The van der Waals surface area contributed by atoms with Crippen molar-refractivity contribution in [2.75, 3.05) is 0 Å². The molecule has 2 aromatic heterocycles. The fourth-order valence-electron chi connectivity index (χ4n) is 10.9. The third kappa shape index (κ3) is 4.12. The molecule has 0 N–H and O–H groups in total. The van der Waals surface area contributed by atoms with Gasteiger partial charge < -0.3 is 13.9 Å². The summed E-state index contributed by atoms with van der Waals surface area (Å²) in [6, 6.07) is 56.5. The van der Waals surface area contributed by atoms with Crippen LogP contribution in [0.4, 0.5) is 0 Å². The zero-order valence-corrected chi connectivity index (χ0v) is 33.5. The third-order valence-electron chi connectivity index (χ3n) is 13.3. The van der Waals surface area contributed by atoms with E-state index in [-0.39, 0.29) is 12.1 Å². The number of hydrogen-bond donors (Lipinski definition) is 0. The molecule has 2 aliphatic heterocycles. The van der Waals surface area contributed by atoms with Gasteiger partial charge in [-0.1, -0.05) is 145 Å². The lowest BCUT2D eigenvalue weighted by atomic mass is 9.35. The summed E-state index contributed by atoms with van der Waals surface area (Å²) in [4.78, 5) is 2.57. The van der Waals surface area contributed by atoms with Crippen molar-refractivity contribution >= 4 is 78.5 Å². The van der Waals surface area contributed by atoms with E-state index in [0.29, 0.717) is 0 Å². The molecule has 8 aromatic carbocycles. The molecule has 0 saturated heterocycles. The standard InChI is InChI=1S/C53H37BN2OS/c1-30-22-24-42-38(26-30)54-39-27-31(2)23-25-44(39)58-45-29-33(28-43(57-42)50(45)54)56-41-21-13-10-18-36(41)48-51(56)46-34-16-8-11-19-37(34)53(3,4)49(46)47-35-17-9-12-20-40(35)55(52(47)48)32-14-6-5-7-15-32/h5-29H,1-4H3. The average Bonchev–Trinajstić information content (AvgIpc) is 3.84. The van der Waals surface area contributed by atoms with Crippen molar-refractivity contribution in [3.63, 3.8) is 0 Å². The quantitative estimate of drug-likeness (QED) is 0.163. The zero-order chi connectivity index (χ0) is 38.6. The van der Waals surface area contributed by atoms with Crippen molar-refractivity contribution in [3.8, 4) is 34.0 Å². The molecule has 1 aliphatic carbocycles. The van der Waals surface area contributed by atoms with E-state index < -0.39 is 0 Å². The predicted molar refractivity (Wildman–Crippen MR) is 244 cm³/mol. The number of fused-ring (bicyclic) bond motifs is 16. The van der Waals surface area contributed by atoms with Crippen molar-refractivity contribution in [1.29, 1.82) is 0 Å². The molecule has 274 valence electrons. The molecule has 0 unspecified atom stereocenters. The molecule has 0 saturated carbocycles. The van der Waals surface area contributed by atoms with Gasteiger partial charge in [-0.3, -0.25) is 0 Å². The second kappa shape index (κ2) is 11.4. The van der Waals surface area contributed by atoms with Gasteiger partial charge in [-0.15, -0.1) is 0 Å². The summed E-state index contributed by atoms with van der Waals surface area (Å²) in [6.07, 6.45) is 0. The van der Waals surface area contributed by atoms with Crippen LogP contribution >= 0.6 is 11.8 Å². The number of ether oxygens (including phenoxy) is 1. The Morgan fingerprint density at radius 1 is 0.552 bits per heavy atom. The molecule has 0 spiro atoms. The SMILES string of the molecule is Cc1ccc2c(c1)B1c3cc(C)ccc3Sc3cc(-n4c5ccccc5c5c4c4c(c6c7ccccc7n(-c7ccccc7)c65)C(C)(C)c5ccccc5-4)cc(c31)O2. The fourth-order valence-corrected chi connectivity index (χ4v) is 12.1. The van der Waals surface area contributed by atoms with Gasteiger partial charge in [0, 0.05) is 54.1 Å². The van der Waals surface area contributed by atoms with Crippen LogP contribution in [0.25, 0.3) is 66.1 Å². The van der Waals surface area contributed by atoms with E-state index in [1.807, 2.05) is 11.8 Å². The average molecular weight is 761 g/mol. The van der Waals surface area contributed by atoms with Crippen molar-refractivity contribution < 1.29 is 4.74 Å². The molecular weight excluding hydrogens is 723 g/mol. The summed E-state index contributed by atoms with van der Waals surface area (Å²) >= 11 is 1.88. The van der Waals surface area contributed by atoms with E-state index in [1.165, 1.54) is 103 Å². The second-order valence-corrected chi connectivity index (χ2v) is 18.1. The number of aryl methyl sites for hydroxylation is 2. The van der Waals surface area contributed by atoms with Crippen LogP contribution in [0.3, 0.4) is 0 Å². The van der Waals surface area contributed by atoms with Crippen molar-refractivity contribution in [2.24, 2.45) is 0 Å². The molecule has 0 amide bonds. The summed E-state index contributed by atoms with van der Waals surface area (Å²) in [7, 11) is 0.